The van der Waals surface area contributed by atoms with Gasteiger partial charge in [0.05, 0.1) is 6.20 Å². The minimum Gasteiger partial charge on any atom is -0.366 e. The Morgan fingerprint density at radius 1 is 1.40 bits per heavy atom. The number of hydrogen-bond acceptors (Lipinski definition) is 6. The largest absolute Gasteiger partial charge is 0.366 e. The monoisotopic (exact) mass is 277 g/mol. The highest BCUT2D eigenvalue weighted by molar-refractivity contribution is 5.65. The summed E-state index contributed by atoms with van der Waals surface area (Å²) in [5.41, 5.74) is 3.49. The lowest BCUT2D eigenvalue weighted by Gasteiger charge is -2.28. The van der Waals surface area contributed by atoms with Gasteiger partial charge in [0.1, 0.15) is 0 Å². The van der Waals surface area contributed by atoms with E-state index in [0.29, 0.717) is 5.82 Å². The molecule has 0 spiro atoms. The van der Waals surface area contributed by atoms with Crippen LogP contribution in [0, 0.1) is 5.41 Å². The number of rotatable bonds is 6. The zero-order valence-electron chi connectivity index (χ0n) is 12.5. The van der Waals surface area contributed by atoms with Crippen LogP contribution in [0.1, 0.15) is 13.8 Å². The van der Waals surface area contributed by atoms with Gasteiger partial charge in [0, 0.05) is 25.5 Å². The smallest absolute Gasteiger partial charge is 0.180 e. The van der Waals surface area contributed by atoms with Crippen LogP contribution in [0.3, 0.4) is 0 Å². The molecule has 0 fully saturated rings. The molecule has 0 aliphatic rings. The van der Waals surface area contributed by atoms with Crippen LogP contribution in [-0.2, 0) is 0 Å². The molecule has 0 aliphatic heterocycles. The molecule has 2 heterocycles. The highest BCUT2D eigenvalue weighted by Gasteiger charge is 2.19. The molecule has 0 aliphatic carbocycles. The third-order valence-corrected chi connectivity index (χ3v) is 3.00. The first-order valence-corrected chi connectivity index (χ1v) is 6.60. The molecule has 2 rings (SSSR count). The molecule has 110 valence electrons. The van der Waals surface area contributed by atoms with E-state index in [1.165, 1.54) is 0 Å². The Hall–Kier alpha value is -1.86. The molecule has 0 saturated carbocycles. The summed E-state index contributed by atoms with van der Waals surface area (Å²) in [5.74, 6) is 6.78. The van der Waals surface area contributed by atoms with Gasteiger partial charge in [-0.1, -0.05) is 13.8 Å². The number of nitrogens with two attached hydrogens (primary N) is 1. The van der Waals surface area contributed by atoms with Gasteiger partial charge in [-0.05, 0) is 19.5 Å². The Labute approximate surface area is 119 Å². The minimum absolute atomic E-state index is 0.126. The predicted molar refractivity (Wildman–Crippen MR) is 81.6 cm³/mol. The number of nitrogens with one attached hydrogen (secondary N) is 2. The molecule has 7 nitrogen and oxygen atoms in total. The Balaban J connectivity index is 2.18. The number of nitrogens with zero attached hydrogens (tertiary/aromatic N) is 4. The summed E-state index contributed by atoms with van der Waals surface area (Å²) in [6.07, 6.45) is 5.42. The first-order valence-electron chi connectivity index (χ1n) is 6.60. The van der Waals surface area contributed by atoms with Crippen molar-refractivity contribution in [3.8, 4) is 0 Å². The van der Waals surface area contributed by atoms with Crippen LogP contribution in [0.25, 0.3) is 5.65 Å². The van der Waals surface area contributed by atoms with E-state index in [1.54, 1.807) is 12.4 Å². The van der Waals surface area contributed by atoms with Crippen molar-refractivity contribution in [1.82, 2.24) is 19.3 Å². The number of fused-ring (bicyclic) bond motifs is 1. The van der Waals surface area contributed by atoms with Gasteiger partial charge >= 0.3 is 0 Å². The van der Waals surface area contributed by atoms with Crippen molar-refractivity contribution in [3.63, 3.8) is 0 Å². The van der Waals surface area contributed by atoms with Crippen LogP contribution in [-0.4, -0.2) is 46.5 Å². The van der Waals surface area contributed by atoms with Crippen LogP contribution < -0.4 is 16.6 Å². The summed E-state index contributed by atoms with van der Waals surface area (Å²) in [6, 6.07) is 0. The van der Waals surface area contributed by atoms with E-state index in [1.807, 2.05) is 10.6 Å². The third-order valence-electron chi connectivity index (χ3n) is 3.00. The Morgan fingerprint density at radius 2 is 2.15 bits per heavy atom. The highest BCUT2D eigenvalue weighted by atomic mass is 15.3. The molecule has 0 amide bonds. The van der Waals surface area contributed by atoms with E-state index in [4.69, 9.17) is 5.84 Å². The fraction of sp³-hybridized carbons (Fsp3) is 0.538. The summed E-state index contributed by atoms with van der Waals surface area (Å²) >= 11 is 0. The van der Waals surface area contributed by atoms with E-state index in [0.717, 1.165) is 24.6 Å². The number of anilines is 2. The summed E-state index contributed by atoms with van der Waals surface area (Å²) in [7, 11) is 4.15. The van der Waals surface area contributed by atoms with Crippen molar-refractivity contribution in [3.05, 3.63) is 18.6 Å². The minimum atomic E-state index is 0.126. The fourth-order valence-electron chi connectivity index (χ4n) is 2.35. The SMILES string of the molecule is CN(C)CC(C)(C)CNc1nc(NN)cn2ccnc12. The van der Waals surface area contributed by atoms with E-state index < -0.39 is 0 Å². The zero-order chi connectivity index (χ0) is 14.8. The van der Waals surface area contributed by atoms with Gasteiger partial charge in [-0.2, -0.15) is 0 Å². The molecule has 0 bridgehead atoms. The Kier molecular flexibility index (Phi) is 4.10. The maximum atomic E-state index is 5.45. The van der Waals surface area contributed by atoms with Crippen molar-refractivity contribution in [2.75, 3.05) is 37.9 Å². The first-order chi connectivity index (χ1) is 9.41. The molecule has 2 aromatic rings. The normalized spacial score (nSPS) is 12.1. The van der Waals surface area contributed by atoms with Crippen molar-refractivity contribution in [2.45, 2.75) is 13.8 Å². The zero-order valence-corrected chi connectivity index (χ0v) is 12.5. The first kappa shape index (κ1) is 14.5. The lowest BCUT2D eigenvalue weighted by atomic mass is 9.93. The Morgan fingerprint density at radius 3 is 2.80 bits per heavy atom. The lowest BCUT2D eigenvalue weighted by Crippen LogP contribution is -2.34. The molecule has 0 saturated heterocycles. The average molecular weight is 277 g/mol. The second-order valence-corrected chi connectivity index (χ2v) is 6.03. The fourth-order valence-corrected chi connectivity index (χ4v) is 2.35. The van der Waals surface area contributed by atoms with E-state index >= 15 is 0 Å². The van der Waals surface area contributed by atoms with Crippen LogP contribution in [0.2, 0.25) is 0 Å². The van der Waals surface area contributed by atoms with Gasteiger partial charge in [-0.25, -0.2) is 15.8 Å². The summed E-state index contributed by atoms with van der Waals surface area (Å²) in [6.45, 7) is 6.22. The van der Waals surface area contributed by atoms with Crippen LogP contribution in [0.4, 0.5) is 11.6 Å². The summed E-state index contributed by atoms with van der Waals surface area (Å²) in [5, 5.41) is 3.38. The quantitative estimate of drug-likeness (QED) is 0.540. The summed E-state index contributed by atoms with van der Waals surface area (Å²) in [4.78, 5) is 10.9. The van der Waals surface area contributed by atoms with Crippen molar-refractivity contribution in [1.29, 1.82) is 0 Å². The third kappa shape index (κ3) is 3.37. The topological polar surface area (TPSA) is 83.5 Å². The van der Waals surface area contributed by atoms with Gasteiger partial charge in [-0.15, -0.1) is 0 Å². The second kappa shape index (κ2) is 5.64. The maximum absolute atomic E-state index is 5.45. The summed E-state index contributed by atoms with van der Waals surface area (Å²) < 4.78 is 1.89. The van der Waals surface area contributed by atoms with E-state index in [2.05, 4.69) is 53.6 Å². The van der Waals surface area contributed by atoms with Crippen molar-refractivity contribution >= 4 is 17.3 Å². The van der Waals surface area contributed by atoms with Gasteiger partial charge in [-0.3, -0.25) is 0 Å². The van der Waals surface area contributed by atoms with Crippen molar-refractivity contribution < 1.29 is 0 Å². The maximum Gasteiger partial charge on any atom is 0.180 e. The van der Waals surface area contributed by atoms with E-state index in [9.17, 15) is 0 Å². The number of nitrogen functional groups attached to an aromatic ring is 1. The second-order valence-electron chi connectivity index (χ2n) is 6.03. The molecule has 0 unspecified atom stereocenters. The molecule has 0 atom stereocenters. The predicted octanol–water partition coefficient (Wildman–Crippen LogP) is 1.01. The van der Waals surface area contributed by atoms with Gasteiger partial charge in [0.2, 0.25) is 0 Å². The van der Waals surface area contributed by atoms with Crippen LogP contribution in [0.15, 0.2) is 18.6 Å². The van der Waals surface area contributed by atoms with Crippen LogP contribution >= 0.6 is 0 Å². The van der Waals surface area contributed by atoms with Crippen LogP contribution in [0.5, 0.6) is 0 Å². The number of hydrogen-bond donors (Lipinski definition) is 3. The number of hydrazine groups is 1. The molecule has 7 heteroatoms. The molecular formula is C13H23N7. The molecule has 2 aromatic heterocycles. The average Bonchev–Trinajstić information content (AvgIpc) is 2.82. The highest BCUT2D eigenvalue weighted by Crippen LogP contribution is 2.20. The molecular weight excluding hydrogens is 254 g/mol. The van der Waals surface area contributed by atoms with Crippen molar-refractivity contribution in [2.24, 2.45) is 11.3 Å². The number of imidazole rings is 1. The van der Waals surface area contributed by atoms with E-state index in [-0.39, 0.29) is 5.41 Å². The molecule has 20 heavy (non-hydrogen) atoms. The molecule has 0 radical (unpaired) electrons. The Bertz CT molecular complexity index is 573. The number of aromatic nitrogens is 3. The van der Waals surface area contributed by atoms with Gasteiger partial charge in [0.15, 0.2) is 17.3 Å². The van der Waals surface area contributed by atoms with Gasteiger partial charge in [0.25, 0.3) is 0 Å². The molecule has 4 N–H and O–H groups in total. The standard InChI is InChI=1S/C13H23N7/c1-13(2,9-19(3)4)8-16-11-12-15-5-6-20(12)7-10(17-11)18-14/h5-7,18H,8-9,14H2,1-4H3,(H,16,17). The molecule has 0 aromatic carbocycles. The lowest BCUT2D eigenvalue weighted by molar-refractivity contribution is 0.254. The van der Waals surface area contributed by atoms with Gasteiger partial charge < -0.3 is 20.0 Å².